The van der Waals surface area contributed by atoms with Crippen molar-refractivity contribution in [3.63, 3.8) is 0 Å². The number of aryl methyl sites for hydroxylation is 1. The van der Waals surface area contributed by atoms with Crippen LogP contribution in [0.5, 0.6) is 11.5 Å². The summed E-state index contributed by atoms with van der Waals surface area (Å²) in [6, 6.07) is 16.3. The summed E-state index contributed by atoms with van der Waals surface area (Å²) in [4.78, 5) is 14.8. The Labute approximate surface area is 166 Å². The van der Waals surface area contributed by atoms with Crippen molar-refractivity contribution in [3.05, 3.63) is 59.7 Å². The fourth-order valence-corrected chi connectivity index (χ4v) is 4.09. The summed E-state index contributed by atoms with van der Waals surface area (Å²) in [6.45, 7) is 4.40. The van der Waals surface area contributed by atoms with Gasteiger partial charge in [-0.2, -0.15) is 0 Å². The van der Waals surface area contributed by atoms with Gasteiger partial charge in [0.1, 0.15) is 12.7 Å². The standard InChI is InChI=1S/C23H28N2O3/c1-2-25(14-18-16-27-21-12-5-6-13-22(21)28-18)15-23(26)24-20-11-7-9-17-8-3-4-10-19(17)20/h3-6,8,10,12-13,18,20H,2,7,9,11,14-16H2,1H3,(H,24,26). The minimum absolute atomic E-state index is 0.0701. The van der Waals surface area contributed by atoms with Crippen molar-refractivity contribution in [3.8, 4) is 11.5 Å². The number of benzene rings is 2. The van der Waals surface area contributed by atoms with Gasteiger partial charge in [-0.05, 0) is 49.1 Å². The Kier molecular flexibility index (Phi) is 5.81. The number of likely N-dealkylation sites (N-methyl/N-ethyl adjacent to an activating group) is 1. The van der Waals surface area contributed by atoms with E-state index in [0.717, 1.165) is 37.3 Å². The van der Waals surface area contributed by atoms with Crippen LogP contribution in [0.1, 0.15) is 36.9 Å². The highest BCUT2D eigenvalue weighted by Crippen LogP contribution is 2.31. The molecule has 1 heterocycles. The molecule has 1 aliphatic carbocycles. The first-order valence-corrected chi connectivity index (χ1v) is 10.2. The molecular weight excluding hydrogens is 352 g/mol. The first-order valence-electron chi connectivity index (χ1n) is 10.2. The third-order valence-corrected chi connectivity index (χ3v) is 5.55. The van der Waals surface area contributed by atoms with Crippen LogP contribution in [0.15, 0.2) is 48.5 Å². The lowest BCUT2D eigenvalue weighted by Crippen LogP contribution is -2.45. The van der Waals surface area contributed by atoms with E-state index in [1.165, 1.54) is 11.1 Å². The number of nitrogens with zero attached hydrogens (tertiary/aromatic N) is 1. The van der Waals surface area contributed by atoms with Crippen molar-refractivity contribution in [2.45, 2.75) is 38.3 Å². The van der Waals surface area contributed by atoms with E-state index in [0.29, 0.717) is 19.7 Å². The summed E-state index contributed by atoms with van der Waals surface area (Å²) in [6.07, 6.45) is 3.15. The predicted molar refractivity (Wildman–Crippen MR) is 109 cm³/mol. The topological polar surface area (TPSA) is 50.8 Å². The maximum absolute atomic E-state index is 12.7. The Morgan fingerprint density at radius 2 is 1.93 bits per heavy atom. The van der Waals surface area contributed by atoms with Gasteiger partial charge in [-0.1, -0.05) is 43.3 Å². The summed E-state index contributed by atoms with van der Waals surface area (Å²) in [7, 11) is 0. The van der Waals surface area contributed by atoms with Crippen molar-refractivity contribution < 1.29 is 14.3 Å². The molecule has 0 fully saturated rings. The summed E-state index contributed by atoms with van der Waals surface area (Å²) in [5.74, 6) is 1.63. The average molecular weight is 380 g/mol. The van der Waals surface area contributed by atoms with Crippen LogP contribution in [0.25, 0.3) is 0 Å². The number of hydrogen-bond donors (Lipinski definition) is 1. The van der Waals surface area contributed by atoms with Gasteiger partial charge in [0.2, 0.25) is 5.91 Å². The van der Waals surface area contributed by atoms with Crippen LogP contribution in [0.4, 0.5) is 0 Å². The molecule has 0 spiro atoms. The molecule has 5 nitrogen and oxygen atoms in total. The smallest absolute Gasteiger partial charge is 0.234 e. The molecule has 5 heteroatoms. The van der Waals surface area contributed by atoms with Gasteiger partial charge in [-0.25, -0.2) is 0 Å². The molecule has 4 rings (SSSR count). The number of carbonyl (C=O) groups is 1. The zero-order valence-corrected chi connectivity index (χ0v) is 16.4. The molecule has 2 atom stereocenters. The maximum atomic E-state index is 12.7. The summed E-state index contributed by atoms with van der Waals surface area (Å²) in [5.41, 5.74) is 2.63. The van der Waals surface area contributed by atoms with E-state index in [4.69, 9.17) is 9.47 Å². The van der Waals surface area contributed by atoms with Gasteiger partial charge in [0, 0.05) is 6.54 Å². The Hall–Kier alpha value is -2.53. The molecule has 2 aliphatic rings. The molecule has 0 radical (unpaired) electrons. The number of hydrogen-bond acceptors (Lipinski definition) is 4. The normalized spacial score (nSPS) is 20.5. The molecule has 2 aromatic carbocycles. The van der Waals surface area contributed by atoms with E-state index in [-0.39, 0.29) is 18.1 Å². The van der Waals surface area contributed by atoms with E-state index in [1.807, 2.05) is 24.3 Å². The number of amides is 1. The second kappa shape index (κ2) is 8.65. The Balaban J connectivity index is 1.32. The molecule has 0 saturated carbocycles. The summed E-state index contributed by atoms with van der Waals surface area (Å²) < 4.78 is 11.8. The number of carbonyl (C=O) groups excluding carboxylic acids is 1. The highest BCUT2D eigenvalue weighted by atomic mass is 16.6. The SMILES string of the molecule is CCN(CC(=O)NC1CCCc2ccccc21)CC1COc2ccccc2O1. The van der Waals surface area contributed by atoms with Crippen molar-refractivity contribution in [1.29, 1.82) is 0 Å². The summed E-state index contributed by atoms with van der Waals surface area (Å²) >= 11 is 0. The van der Waals surface area contributed by atoms with Gasteiger partial charge >= 0.3 is 0 Å². The zero-order chi connectivity index (χ0) is 19.3. The molecule has 0 saturated heterocycles. The number of ether oxygens (including phenoxy) is 2. The minimum atomic E-state index is -0.0712. The van der Waals surface area contributed by atoms with Gasteiger partial charge in [-0.15, -0.1) is 0 Å². The Morgan fingerprint density at radius 3 is 2.79 bits per heavy atom. The molecular formula is C23H28N2O3. The number of nitrogens with one attached hydrogen (secondary N) is 1. The number of rotatable bonds is 6. The second-order valence-corrected chi connectivity index (χ2v) is 7.54. The third-order valence-electron chi connectivity index (χ3n) is 5.55. The fraction of sp³-hybridized carbons (Fsp3) is 0.435. The Morgan fingerprint density at radius 1 is 1.14 bits per heavy atom. The molecule has 2 aromatic rings. The maximum Gasteiger partial charge on any atom is 0.234 e. The van der Waals surface area contributed by atoms with E-state index in [2.05, 4.69) is 41.4 Å². The zero-order valence-electron chi connectivity index (χ0n) is 16.4. The first-order chi connectivity index (χ1) is 13.7. The van der Waals surface area contributed by atoms with Crippen molar-refractivity contribution in [2.24, 2.45) is 0 Å². The van der Waals surface area contributed by atoms with E-state index in [1.54, 1.807) is 0 Å². The molecule has 1 amide bonds. The van der Waals surface area contributed by atoms with Crippen LogP contribution in [-0.4, -0.2) is 43.2 Å². The monoisotopic (exact) mass is 380 g/mol. The van der Waals surface area contributed by atoms with Gasteiger partial charge in [0.25, 0.3) is 0 Å². The lowest BCUT2D eigenvalue weighted by atomic mass is 9.88. The van der Waals surface area contributed by atoms with Crippen LogP contribution in [0.2, 0.25) is 0 Å². The average Bonchev–Trinajstić information content (AvgIpc) is 2.73. The molecule has 1 aliphatic heterocycles. The lowest BCUT2D eigenvalue weighted by Gasteiger charge is -2.31. The van der Waals surface area contributed by atoms with Crippen LogP contribution >= 0.6 is 0 Å². The van der Waals surface area contributed by atoms with E-state index >= 15 is 0 Å². The largest absolute Gasteiger partial charge is 0.486 e. The van der Waals surface area contributed by atoms with Crippen LogP contribution < -0.4 is 14.8 Å². The first kappa shape index (κ1) is 18.8. The van der Waals surface area contributed by atoms with Gasteiger partial charge in [0.05, 0.1) is 12.6 Å². The van der Waals surface area contributed by atoms with Gasteiger partial charge in [0.15, 0.2) is 11.5 Å². The van der Waals surface area contributed by atoms with Gasteiger partial charge in [-0.3, -0.25) is 9.69 Å². The number of fused-ring (bicyclic) bond motifs is 2. The summed E-state index contributed by atoms with van der Waals surface area (Å²) in [5, 5.41) is 3.24. The van der Waals surface area contributed by atoms with Crippen molar-refractivity contribution in [2.75, 3.05) is 26.2 Å². The van der Waals surface area contributed by atoms with Crippen LogP contribution in [-0.2, 0) is 11.2 Å². The molecule has 148 valence electrons. The van der Waals surface area contributed by atoms with Gasteiger partial charge < -0.3 is 14.8 Å². The minimum Gasteiger partial charge on any atom is -0.486 e. The molecule has 28 heavy (non-hydrogen) atoms. The molecule has 0 bridgehead atoms. The van der Waals surface area contributed by atoms with Crippen molar-refractivity contribution >= 4 is 5.91 Å². The van der Waals surface area contributed by atoms with E-state index in [9.17, 15) is 4.79 Å². The second-order valence-electron chi connectivity index (χ2n) is 7.54. The lowest BCUT2D eigenvalue weighted by molar-refractivity contribution is -0.123. The van der Waals surface area contributed by atoms with Crippen molar-refractivity contribution in [1.82, 2.24) is 10.2 Å². The number of para-hydroxylation sites is 2. The quantitative estimate of drug-likeness (QED) is 0.835. The Bertz CT molecular complexity index is 823. The third kappa shape index (κ3) is 4.30. The fourth-order valence-electron chi connectivity index (χ4n) is 4.09. The van der Waals surface area contributed by atoms with Crippen LogP contribution in [0, 0.1) is 0 Å². The molecule has 0 aromatic heterocycles. The molecule has 2 unspecified atom stereocenters. The highest BCUT2D eigenvalue weighted by molar-refractivity contribution is 5.78. The van der Waals surface area contributed by atoms with Crippen LogP contribution in [0.3, 0.4) is 0 Å². The highest BCUT2D eigenvalue weighted by Gasteiger charge is 2.25. The predicted octanol–water partition coefficient (Wildman–Crippen LogP) is 3.34. The van der Waals surface area contributed by atoms with E-state index < -0.39 is 0 Å². The molecule has 1 N–H and O–H groups in total.